The Morgan fingerprint density at radius 3 is 2.41 bits per heavy atom. The van der Waals surface area contributed by atoms with E-state index in [1.54, 1.807) is 18.2 Å². The number of ether oxygens (including phenoxy) is 1. The minimum Gasteiger partial charge on any atom is -0.389 e. The Morgan fingerprint density at radius 2 is 1.74 bits per heavy atom. The molecular weight excluding hydrogens is 364 g/mol. The van der Waals surface area contributed by atoms with Crippen LogP contribution in [0.25, 0.3) is 0 Å². The van der Waals surface area contributed by atoms with Crippen molar-refractivity contribution >= 4 is 10.0 Å². The zero-order chi connectivity index (χ0) is 19.3. The number of hydrogen-bond acceptors (Lipinski definition) is 5. The van der Waals surface area contributed by atoms with Crippen LogP contribution in [0.3, 0.4) is 0 Å². The van der Waals surface area contributed by atoms with Crippen LogP contribution in [0.5, 0.6) is 0 Å². The number of rotatable bonds is 8. The summed E-state index contributed by atoms with van der Waals surface area (Å²) in [5.74, 6) is 0. The van der Waals surface area contributed by atoms with E-state index in [1.165, 1.54) is 17.7 Å². The molecule has 0 aliphatic carbocycles. The molecule has 0 saturated carbocycles. The molecule has 1 heterocycles. The van der Waals surface area contributed by atoms with Gasteiger partial charge in [0.05, 0.1) is 29.8 Å². The van der Waals surface area contributed by atoms with Crippen LogP contribution in [0, 0.1) is 0 Å². The first-order chi connectivity index (χ1) is 13.0. The van der Waals surface area contributed by atoms with Gasteiger partial charge in [-0.1, -0.05) is 48.5 Å². The maximum atomic E-state index is 12.4. The number of aliphatic hydroxyl groups is 1. The maximum absolute atomic E-state index is 12.4. The summed E-state index contributed by atoms with van der Waals surface area (Å²) in [6.07, 6.45) is -0.401. The summed E-state index contributed by atoms with van der Waals surface area (Å²) in [5, 5.41) is 10.5. The monoisotopic (exact) mass is 390 g/mol. The lowest BCUT2D eigenvalue weighted by Gasteiger charge is -2.23. The van der Waals surface area contributed by atoms with E-state index in [1.807, 2.05) is 25.2 Å². The molecular formula is C20H26N2O4S. The normalized spacial score (nSPS) is 23.0. The molecule has 6 nitrogen and oxygen atoms in total. The molecule has 1 aliphatic heterocycles. The molecule has 2 aromatic rings. The van der Waals surface area contributed by atoms with Gasteiger partial charge in [-0.2, -0.15) is 0 Å². The second-order valence-electron chi connectivity index (χ2n) is 6.90. The molecule has 3 atom stereocenters. The van der Waals surface area contributed by atoms with Crippen molar-refractivity contribution < 1.29 is 18.3 Å². The van der Waals surface area contributed by atoms with Gasteiger partial charge in [0.25, 0.3) is 0 Å². The number of sulfonamides is 1. The van der Waals surface area contributed by atoms with Gasteiger partial charge in [-0.3, -0.25) is 0 Å². The van der Waals surface area contributed by atoms with E-state index in [0.717, 1.165) is 13.0 Å². The van der Waals surface area contributed by atoms with Crippen molar-refractivity contribution in [3.05, 3.63) is 66.2 Å². The molecule has 146 valence electrons. The van der Waals surface area contributed by atoms with Crippen molar-refractivity contribution in [3.63, 3.8) is 0 Å². The van der Waals surface area contributed by atoms with Gasteiger partial charge >= 0.3 is 0 Å². The average Bonchev–Trinajstić information content (AvgIpc) is 3.01. The third-order valence-corrected chi connectivity index (χ3v) is 6.27. The smallest absolute Gasteiger partial charge is 0.240 e. The van der Waals surface area contributed by atoms with E-state index in [2.05, 4.69) is 21.8 Å². The summed E-state index contributed by atoms with van der Waals surface area (Å²) in [5.41, 5.74) is 1.26. The first kappa shape index (κ1) is 20.0. The second-order valence-corrected chi connectivity index (χ2v) is 8.62. The largest absolute Gasteiger partial charge is 0.389 e. The number of likely N-dealkylation sites (N-methyl/N-ethyl adjacent to an activating group) is 1. The van der Waals surface area contributed by atoms with Crippen LogP contribution in [0.2, 0.25) is 0 Å². The van der Waals surface area contributed by atoms with Crippen molar-refractivity contribution in [1.29, 1.82) is 0 Å². The Hall–Kier alpha value is -1.77. The second kappa shape index (κ2) is 8.95. The van der Waals surface area contributed by atoms with Gasteiger partial charge in [0.2, 0.25) is 10.0 Å². The first-order valence-electron chi connectivity index (χ1n) is 9.05. The molecule has 2 N–H and O–H groups in total. The summed E-state index contributed by atoms with van der Waals surface area (Å²) in [4.78, 5) is 2.27. The van der Waals surface area contributed by atoms with Gasteiger partial charge < -0.3 is 14.7 Å². The quantitative estimate of drug-likeness (QED) is 0.710. The van der Waals surface area contributed by atoms with Gasteiger partial charge in [-0.25, -0.2) is 13.1 Å². The van der Waals surface area contributed by atoms with Crippen LogP contribution in [0.1, 0.15) is 5.56 Å². The van der Waals surface area contributed by atoms with E-state index in [9.17, 15) is 13.5 Å². The molecule has 0 aromatic heterocycles. The van der Waals surface area contributed by atoms with Crippen LogP contribution in [0.15, 0.2) is 65.6 Å². The van der Waals surface area contributed by atoms with E-state index >= 15 is 0 Å². The zero-order valence-corrected chi connectivity index (χ0v) is 16.2. The minimum atomic E-state index is -3.68. The minimum absolute atomic E-state index is 0.157. The molecule has 0 amide bonds. The number of nitrogens with one attached hydrogen (secondary N) is 1. The van der Waals surface area contributed by atoms with Gasteiger partial charge in [0, 0.05) is 13.1 Å². The van der Waals surface area contributed by atoms with Crippen LogP contribution < -0.4 is 4.72 Å². The fourth-order valence-electron chi connectivity index (χ4n) is 3.18. The predicted molar refractivity (Wildman–Crippen MR) is 104 cm³/mol. The molecule has 1 aliphatic rings. The van der Waals surface area contributed by atoms with Crippen LogP contribution in [-0.2, 0) is 21.2 Å². The highest BCUT2D eigenvalue weighted by atomic mass is 32.2. The Balaban J connectivity index is 1.51. The van der Waals surface area contributed by atoms with Crippen molar-refractivity contribution in [2.75, 3.05) is 26.7 Å². The number of hydrogen-bond donors (Lipinski definition) is 2. The van der Waals surface area contributed by atoms with Crippen molar-refractivity contribution in [2.24, 2.45) is 0 Å². The molecule has 7 heteroatoms. The highest BCUT2D eigenvalue weighted by molar-refractivity contribution is 7.89. The van der Waals surface area contributed by atoms with Crippen molar-refractivity contribution in [1.82, 2.24) is 9.62 Å². The highest BCUT2D eigenvalue weighted by Gasteiger charge is 2.38. The molecule has 0 unspecified atom stereocenters. The van der Waals surface area contributed by atoms with E-state index in [0.29, 0.717) is 6.54 Å². The molecule has 27 heavy (non-hydrogen) atoms. The summed E-state index contributed by atoms with van der Waals surface area (Å²) < 4.78 is 33.1. The van der Waals surface area contributed by atoms with Crippen LogP contribution in [0.4, 0.5) is 0 Å². The van der Waals surface area contributed by atoms with Gasteiger partial charge in [-0.05, 0) is 31.2 Å². The number of benzene rings is 2. The summed E-state index contributed by atoms with van der Waals surface area (Å²) >= 11 is 0. The molecule has 1 fully saturated rings. The van der Waals surface area contributed by atoms with E-state index in [4.69, 9.17) is 4.74 Å². The Kier molecular flexibility index (Phi) is 6.62. The lowest BCUT2D eigenvalue weighted by Crippen LogP contribution is -2.46. The standard InChI is InChI=1S/C20H26N2O4S/c1-22(13-12-16-8-4-2-5-9-16)14-19-20(23)18(15-26-19)21-27(24,25)17-10-6-3-7-11-17/h2-11,18-21,23H,12-15H2,1H3/t18-,19-,20+/m0/s1. The molecule has 0 spiro atoms. The van der Waals surface area contributed by atoms with E-state index < -0.39 is 28.3 Å². The van der Waals surface area contributed by atoms with Crippen LogP contribution >= 0.6 is 0 Å². The van der Waals surface area contributed by atoms with Crippen LogP contribution in [-0.4, -0.2) is 63.4 Å². The lowest BCUT2D eigenvalue weighted by atomic mass is 10.1. The highest BCUT2D eigenvalue weighted by Crippen LogP contribution is 2.18. The molecule has 3 rings (SSSR count). The predicted octanol–water partition coefficient (Wildman–Crippen LogP) is 1.27. The average molecular weight is 391 g/mol. The van der Waals surface area contributed by atoms with E-state index in [-0.39, 0.29) is 11.5 Å². The maximum Gasteiger partial charge on any atom is 0.240 e. The molecule has 0 bridgehead atoms. The molecule has 2 aromatic carbocycles. The third kappa shape index (κ3) is 5.37. The number of aliphatic hydroxyl groups excluding tert-OH is 1. The summed E-state index contributed by atoms with van der Waals surface area (Å²) in [6, 6.07) is 17.7. The number of nitrogens with zero attached hydrogens (tertiary/aromatic N) is 1. The topological polar surface area (TPSA) is 78.9 Å². The summed E-state index contributed by atoms with van der Waals surface area (Å²) in [6.45, 7) is 1.53. The Bertz CT molecular complexity index is 814. The first-order valence-corrected chi connectivity index (χ1v) is 10.5. The van der Waals surface area contributed by atoms with Crippen molar-refractivity contribution in [2.45, 2.75) is 29.6 Å². The van der Waals surface area contributed by atoms with Gasteiger partial charge in [0.1, 0.15) is 0 Å². The Morgan fingerprint density at radius 1 is 1.11 bits per heavy atom. The SMILES string of the molecule is CN(CCc1ccccc1)C[C@@H]1OC[C@H](NS(=O)(=O)c2ccccc2)[C@H]1O. The molecule has 1 saturated heterocycles. The Labute approximate surface area is 160 Å². The zero-order valence-electron chi connectivity index (χ0n) is 15.4. The summed E-state index contributed by atoms with van der Waals surface area (Å²) in [7, 11) is -1.71. The third-order valence-electron chi connectivity index (χ3n) is 4.76. The van der Waals surface area contributed by atoms with Crippen molar-refractivity contribution in [3.8, 4) is 0 Å². The fourth-order valence-corrected chi connectivity index (χ4v) is 4.44. The fraction of sp³-hybridized carbons (Fsp3) is 0.400. The lowest BCUT2D eigenvalue weighted by molar-refractivity contribution is 0.0207. The molecule has 0 radical (unpaired) electrons. The van der Waals surface area contributed by atoms with Gasteiger partial charge in [-0.15, -0.1) is 0 Å². The van der Waals surface area contributed by atoms with Gasteiger partial charge in [0.15, 0.2) is 0 Å².